The average Bonchev–Trinajstić information content (AvgIpc) is 2.67. The van der Waals surface area contributed by atoms with Gasteiger partial charge in [0.1, 0.15) is 5.75 Å². The van der Waals surface area contributed by atoms with E-state index in [0.717, 1.165) is 12.2 Å². The Morgan fingerprint density at radius 1 is 0.967 bits per heavy atom. The molecule has 0 fully saturated rings. The molecule has 0 aliphatic heterocycles. The van der Waals surface area contributed by atoms with E-state index in [1.165, 1.54) is 0 Å². The van der Waals surface area contributed by atoms with E-state index >= 15 is 0 Å². The summed E-state index contributed by atoms with van der Waals surface area (Å²) in [5.74, 6) is 0.256. The largest absolute Gasteiger partial charge is 0.491 e. The van der Waals surface area contributed by atoms with Crippen molar-refractivity contribution in [3.05, 3.63) is 59.7 Å². The Kier molecular flexibility index (Phi) is 7.94. The van der Waals surface area contributed by atoms with Crippen LogP contribution in [0.25, 0.3) is 0 Å². The van der Waals surface area contributed by atoms with Crippen LogP contribution in [0.15, 0.2) is 48.5 Å². The second-order valence-electron chi connectivity index (χ2n) is 8.05. The molecule has 2 amide bonds. The highest BCUT2D eigenvalue weighted by molar-refractivity contribution is 7.80. The van der Waals surface area contributed by atoms with Crippen molar-refractivity contribution >= 4 is 34.8 Å². The number of carbonyl (C=O) groups is 2. The average molecular weight is 428 g/mol. The van der Waals surface area contributed by atoms with Gasteiger partial charge < -0.3 is 15.4 Å². The lowest BCUT2D eigenvalue weighted by Gasteiger charge is -2.20. The van der Waals surface area contributed by atoms with Gasteiger partial charge in [0.2, 0.25) is 0 Å². The standard InChI is InChI=1S/C23H29N3O3S/c1-6-15(2)29-19-13-9-16(10-14-19)20(27)25-22(30)24-18-11-7-17(8-12-18)21(28)26-23(3,4)5/h7-15H,6H2,1-5H3,(H,26,28)(H2,24,25,27,30). The van der Waals surface area contributed by atoms with E-state index in [0.29, 0.717) is 16.8 Å². The van der Waals surface area contributed by atoms with Gasteiger partial charge in [-0.1, -0.05) is 6.92 Å². The van der Waals surface area contributed by atoms with Crippen LogP contribution < -0.4 is 20.7 Å². The van der Waals surface area contributed by atoms with Gasteiger partial charge >= 0.3 is 0 Å². The van der Waals surface area contributed by atoms with Gasteiger partial charge in [0, 0.05) is 22.4 Å². The van der Waals surface area contributed by atoms with Crippen LogP contribution >= 0.6 is 12.2 Å². The maximum Gasteiger partial charge on any atom is 0.257 e. The highest BCUT2D eigenvalue weighted by Crippen LogP contribution is 2.15. The zero-order chi connectivity index (χ0) is 22.3. The molecule has 0 spiro atoms. The van der Waals surface area contributed by atoms with Gasteiger partial charge in [-0.3, -0.25) is 14.9 Å². The summed E-state index contributed by atoms with van der Waals surface area (Å²) in [4.78, 5) is 24.6. The Hall–Kier alpha value is -2.93. The van der Waals surface area contributed by atoms with Crippen molar-refractivity contribution in [3.8, 4) is 5.75 Å². The van der Waals surface area contributed by atoms with Crippen molar-refractivity contribution in [2.45, 2.75) is 52.7 Å². The highest BCUT2D eigenvalue weighted by atomic mass is 32.1. The molecular formula is C23H29N3O3S. The molecule has 0 bridgehead atoms. The number of thiocarbonyl (C=S) groups is 1. The molecule has 1 atom stereocenters. The Balaban J connectivity index is 1.90. The molecule has 6 nitrogen and oxygen atoms in total. The van der Waals surface area contributed by atoms with Gasteiger partial charge in [0.05, 0.1) is 6.10 Å². The fourth-order valence-electron chi connectivity index (χ4n) is 2.46. The van der Waals surface area contributed by atoms with Crippen LogP contribution in [0.1, 0.15) is 61.8 Å². The first-order valence-electron chi connectivity index (χ1n) is 9.89. The molecule has 0 aliphatic rings. The summed E-state index contributed by atoms with van der Waals surface area (Å²) in [5.41, 5.74) is 1.39. The maximum absolute atomic E-state index is 12.4. The number of ether oxygens (including phenoxy) is 1. The fraction of sp³-hybridized carbons (Fsp3) is 0.348. The first-order chi connectivity index (χ1) is 14.1. The van der Waals surface area contributed by atoms with E-state index in [1.807, 2.05) is 27.7 Å². The second-order valence-corrected chi connectivity index (χ2v) is 8.46. The van der Waals surface area contributed by atoms with Gasteiger partial charge in [-0.2, -0.15) is 0 Å². The van der Waals surface area contributed by atoms with E-state index in [9.17, 15) is 9.59 Å². The minimum atomic E-state index is -0.316. The predicted octanol–water partition coefficient (Wildman–Crippen LogP) is 4.52. The molecule has 0 radical (unpaired) electrons. The summed E-state index contributed by atoms with van der Waals surface area (Å²) in [6, 6.07) is 13.8. The molecule has 0 saturated heterocycles. The van der Waals surface area contributed by atoms with Crippen molar-refractivity contribution in [2.24, 2.45) is 0 Å². The Bertz CT molecular complexity index is 887. The molecule has 0 aliphatic carbocycles. The third-order valence-corrected chi connectivity index (χ3v) is 4.35. The molecule has 2 aromatic carbocycles. The van der Waals surface area contributed by atoms with E-state index < -0.39 is 0 Å². The molecule has 0 aromatic heterocycles. The lowest BCUT2D eigenvalue weighted by Crippen LogP contribution is -2.40. The summed E-state index contributed by atoms with van der Waals surface area (Å²) in [6.07, 6.45) is 1.03. The van der Waals surface area contributed by atoms with E-state index in [4.69, 9.17) is 17.0 Å². The van der Waals surface area contributed by atoms with Crippen molar-refractivity contribution in [1.82, 2.24) is 10.6 Å². The molecule has 160 valence electrons. The predicted molar refractivity (Wildman–Crippen MR) is 124 cm³/mol. The second kappa shape index (κ2) is 10.2. The van der Waals surface area contributed by atoms with Crippen molar-refractivity contribution < 1.29 is 14.3 Å². The Labute approximate surface area is 183 Å². The molecule has 7 heteroatoms. The van der Waals surface area contributed by atoms with Gasteiger partial charge in [-0.15, -0.1) is 0 Å². The maximum atomic E-state index is 12.4. The van der Waals surface area contributed by atoms with Crippen molar-refractivity contribution in [2.75, 3.05) is 5.32 Å². The summed E-state index contributed by atoms with van der Waals surface area (Å²) in [5, 5.41) is 8.67. The van der Waals surface area contributed by atoms with Crippen LogP contribution in [0.3, 0.4) is 0 Å². The molecule has 0 heterocycles. The fourth-order valence-corrected chi connectivity index (χ4v) is 2.67. The van der Waals surface area contributed by atoms with E-state index in [2.05, 4.69) is 22.9 Å². The SMILES string of the molecule is CCC(C)Oc1ccc(C(=O)NC(=S)Nc2ccc(C(=O)NC(C)(C)C)cc2)cc1. The number of nitrogens with one attached hydrogen (secondary N) is 3. The zero-order valence-corrected chi connectivity index (χ0v) is 18.9. The van der Waals surface area contributed by atoms with Crippen LogP contribution in [-0.2, 0) is 0 Å². The molecular weight excluding hydrogens is 398 g/mol. The van der Waals surface area contributed by atoms with E-state index in [1.54, 1.807) is 48.5 Å². The minimum absolute atomic E-state index is 0.118. The number of carbonyl (C=O) groups excluding carboxylic acids is 2. The van der Waals surface area contributed by atoms with Crippen molar-refractivity contribution in [1.29, 1.82) is 0 Å². The number of hydrogen-bond acceptors (Lipinski definition) is 4. The molecule has 30 heavy (non-hydrogen) atoms. The number of benzene rings is 2. The molecule has 3 N–H and O–H groups in total. The topological polar surface area (TPSA) is 79.5 Å². The first kappa shape index (κ1) is 23.3. The number of amides is 2. The van der Waals surface area contributed by atoms with Gasteiger partial charge in [0.25, 0.3) is 11.8 Å². The first-order valence-corrected chi connectivity index (χ1v) is 10.3. The number of rotatable bonds is 6. The van der Waals surface area contributed by atoms with Gasteiger partial charge in [0.15, 0.2) is 5.11 Å². The Morgan fingerprint density at radius 3 is 2.03 bits per heavy atom. The quantitative estimate of drug-likeness (QED) is 0.591. The molecule has 0 saturated carbocycles. The summed E-state index contributed by atoms with van der Waals surface area (Å²) in [7, 11) is 0. The molecule has 1 unspecified atom stereocenters. The Morgan fingerprint density at radius 2 is 1.50 bits per heavy atom. The third-order valence-electron chi connectivity index (χ3n) is 4.15. The highest BCUT2D eigenvalue weighted by Gasteiger charge is 2.15. The minimum Gasteiger partial charge on any atom is -0.491 e. The van der Waals surface area contributed by atoms with Crippen LogP contribution in [0, 0.1) is 0 Å². The van der Waals surface area contributed by atoms with Crippen molar-refractivity contribution in [3.63, 3.8) is 0 Å². The van der Waals surface area contributed by atoms with Crippen LogP contribution in [0.5, 0.6) is 5.75 Å². The van der Waals surface area contributed by atoms with Crippen LogP contribution in [-0.4, -0.2) is 28.6 Å². The van der Waals surface area contributed by atoms with E-state index in [-0.39, 0.29) is 28.6 Å². The van der Waals surface area contributed by atoms with Gasteiger partial charge in [-0.25, -0.2) is 0 Å². The lowest BCUT2D eigenvalue weighted by atomic mass is 10.1. The molecule has 2 aromatic rings. The normalized spacial score (nSPS) is 11.9. The van der Waals surface area contributed by atoms with Crippen LogP contribution in [0.4, 0.5) is 5.69 Å². The summed E-state index contributed by atoms with van der Waals surface area (Å²) >= 11 is 5.22. The van der Waals surface area contributed by atoms with Crippen LogP contribution in [0.2, 0.25) is 0 Å². The lowest BCUT2D eigenvalue weighted by molar-refractivity contribution is 0.0918. The zero-order valence-electron chi connectivity index (χ0n) is 18.0. The summed E-state index contributed by atoms with van der Waals surface area (Å²) < 4.78 is 5.71. The number of hydrogen-bond donors (Lipinski definition) is 3. The number of anilines is 1. The molecule has 2 rings (SSSR count). The smallest absolute Gasteiger partial charge is 0.257 e. The monoisotopic (exact) mass is 427 g/mol. The van der Waals surface area contributed by atoms with Gasteiger partial charge in [-0.05, 0) is 94.9 Å². The summed E-state index contributed by atoms with van der Waals surface area (Å²) in [6.45, 7) is 9.82. The third kappa shape index (κ3) is 7.48.